The zero-order valence-electron chi connectivity index (χ0n) is 10.4. The highest BCUT2D eigenvalue weighted by Crippen LogP contribution is 2.21. The summed E-state index contributed by atoms with van der Waals surface area (Å²) in [4.78, 5) is 0. The average molecular weight is 264 g/mol. The van der Waals surface area contributed by atoms with Gasteiger partial charge in [0, 0.05) is 18.7 Å². The van der Waals surface area contributed by atoms with Gasteiger partial charge in [0.2, 0.25) is 0 Å². The van der Waals surface area contributed by atoms with E-state index in [9.17, 15) is 0 Å². The Hall–Kier alpha value is -1.45. The minimum atomic E-state index is 0. The van der Waals surface area contributed by atoms with Gasteiger partial charge < -0.3 is 5.32 Å². The second-order valence-corrected chi connectivity index (χ2v) is 3.92. The van der Waals surface area contributed by atoms with Crippen LogP contribution in [0.15, 0.2) is 48.7 Å². The molecule has 1 atom stereocenters. The molecule has 1 aromatic carbocycles. The lowest BCUT2D eigenvalue weighted by atomic mass is 9.95. The van der Waals surface area contributed by atoms with Crippen molar-refractivity contribution in [2.24, 2.45) is 0 Å². The van der Waals surface area contributed by atoms with Gasteiger partial charge in [-0.05, 0) is 24.2 Å². The number of rotatable bonds is 5. The Labute approximate surface area is 114 Å². The van der Waals surface area contributed by atoms with Crippen LogP contribution in [0, 0.1) is 0 Å². The molecule has 1 unspecified atom stereocenters. The van der Waals surface area contributed by atoms with Gasteiger partial charge in [-0.3, -0.25) is 0 Å². The van der Waals surface area contributed by atoms with Crippen LogP contribution in [0.5, 0.6) is 0 Å². The fraction of sp³-hybridized carbons (Fsp3) is 0.286. The van der Waals surface area contributed by atoms with Gasteiger partial charge in [0.25, 0.3) is 0 Å². The smallest absolute Gasteiger partial charge is 0.0718 e. The normalized spacial score (nSPS) is 11.6. The van der Waals surface area contributed by atoms with Crippen molar-refractivity contribution in [1.29, 1.82) is 0 Å². The number of halogens is 1. The first-order valence-corrected chi connectivity index (χ1v) is 5.95. The second kappa shape index (κ2) is 7.80. The van der Waals surface area contributed by atoms with Crippen molar-refractivity contribution in [2.45, 2.75) is 12.8 Å². The first-order chi connectivity index (χ1) is 8.42. The molecule has 1 aromatic heterocycles. The molecule has 0 bridgehead atoms. The molecule has 0 amide bonds. The minimum Gasteiger partial charge on any atom is -0.316 e. The van der Waals surface area contributed by atoms with Crippen molar-refractivity contribution in [3.63, 3.8) is 0 Å². The number of likely N-dealkylation sites (N-methyl/N-ethyl adjacent to an activating group) is 1. The molecule has 18 heavy (non-hydrogen) atoms. The van der Waals surface area contributed by atoms with E-state index in [1.807, 2.05) is 18.2 Å². The highest BCUT2D eigenvalue weighted by molar-refractivity contribution is 5.85. The molecule has 0 aliphatic heterocycles. The standard InChI is InChI=1S/C14H17N3.ClH/c1-2-15-11-13(12-7-4-3-5-8-12)14-9-6-10-16-17-14;/h3-10,13,15H,2,11H2,1H3;1H. The molecule has 1 N–H and O–H groups in total. The maximum absolute atomic E-state index is 4.22. The van der Waals surface area contributed by atoms with Crippen molar-refractivity contribution < 1.29 is 0 Å². The van der Waals surface area contributed by atoms with Gasteiger partial charge in [0.05, 0.1) is 5.69 Å². The molecule has 0 saturated heterocycles. The van der Waals surface area contributed by atoms with Gasteiger partial charge in [0.15, 0.2) is 0 Å². The third kappa shape index (κ3) is 3.79. The second-order valence-electron chi connectivity index (χ2n) is 3.92. The Bertz CT molecular complexity index is 394. The third-order valence-electron chi connectivity index (χ3n) is 2.75. The molecule has 4 heteroatoms. The van der Waals surface area contributed by atoms with E-state index in [-0.39, 0.29) is 18.3 Å². The quantitative estimate of drug-likeness (QED) is 0.901. The highest BCUT2D eigenvalue weighted by Gasteiger charge is 2.14. The Morgan fingerprint density at radius 2 is 1.89 bits per heavy atom. The number of aromatic nitrogens is 2. The predicted molar refractivity (Wildman–Crippen MR) is 76.1 cm³/mol. The molecular weight excluding hydrogens is 246 g/mol. The third-order valence-corrected chi connectivity index (χ3v) is 2.75. The van der Waals surface area contributed by atoms with E-state index in [2.05, 4.69) is 46.7 Å². The van der Waals surface area contributed by atoms with Crippen molar-refractivity contribution in [2.75, 3.05) is 13.1 Å². The molecular formula is C14H18ClN3. The van der Waals surface area contributed by atoms with Crippen molar-refractivity contribution in [3.8, 4) is 0 Å². The summed E-state index contributed by atoms with van der Waals surface area (Å²) in [5, 5.41) is 11.6. The molecule has 96 valence electrons. The largest absolute Gasteiger partial charge is 0.316 e. The molecule has 0 aliphatic carbocycles. The van der Waals surface area contributed by atoms with E-state index in [4.69, 9.17) is 0 Å². The summed E-state index contributed by atoms with van der Waals surface area (Å²) in [5.41, 5.74) is 2.29. The first kappa shape index (κ1) is 14.6. The van der Waals surface area contributed by atoms with Gasteiger partial charge in [-0.1, -0.05) is 37.3 Å². The van der Waals surface area contributed by atoms with E-state index in [1.54, 1.807) is 6.20 Å². The van der Waals surface area contributed by atoms with Crippen LogP contribution < -0.4 is 5.32 Å². The molecule has 3 nitrogen and oxygen atoms in total. The fourth-order valence-corrected chi connectivity index (χ4v) is 1.87. The Balaban J connectivity index is 0.00000162. The van der Waals surface area contributed by atoms with E-state index in [1.165, 1.54) is 5.56 Å². The number of benzene rings is 1. The molecule has 0 aliphatic rings. The lowest BCUT2D eigenvalue weighted by molar-refractivity contribution is 0.639. The maximum atomic E-state index is 4.22. The molecule has 0 saturated carbocycles. The summed E-state index contributed by atoms with van der Waals surface area (Å²) >= 11 is 0. The number of hydrogen-bond acceptors (Lipinski definition) is 3. The van der Waals surface area contributed by atoms with Crippen molar-refractivity contribution in [3.05, 3.63) is 59.9 Å². The minimum absolute atomic E-state index is 0. The molecule has 0 spiro atoms. The van der Waals surface area contributed by atoms with Crippen LogP contribution in [-0.2, 0) is 0 Å². The van der Waals surface area contributed by atoms with Crippen LogP contribution in [0.2, 0.25) is 0 Å². The fourth-order valence-electron chi connectivity index (χ4n) is 1.87. The van der Waals surface area contributed by atoms with Crippen LogP contribution in [0.1, 0.15) is 24.1 Å². The number of hydrogen-bond donors (Lipinski definition) is 1. The first-order valence-electron chi connectivity index (χ1n) is 5.95. The van der Waals surface area contributed by atoms with E-state index >= 15 is 0 Å². The van der Waals surface area contributed by atoms with Crippen LogP contribution in [0.25, 0.3) is 0 Å². The van der Waals surface area contributed by atoms with Crippen LogP contribution >= 0.6 is 12.4 Å². The Kier molecular flexibility index (Phi) is 6.33. The number of nitrogens with one attached hydrogen (secondary N) is 1. The lowest BCUT2D eigenvalue weighted by Gasteiger charge is -2.16. The summed E-state index contributed by atoms with van der Waals surface area (Å²) in [7, 11) is 0. The van der Waals surface area contributed by atoms with Gasteiger partial charge >= 0.3 is 0 Å². The average Bonchev–Trinajstić information content (AvgIpc) is 2.42. The summed E-state index contributed by atoms with van der Waals surface area (Å²) in [5.74, 6) is 0.268. The summed E-state index contributed by atoms with van der Waals surface area (Å²) in [6, 6.07) is 14.4. The zero-order valence-corrected chi connectivity index (χ0v) is 11.2. The Morgan fingerprint density at radius 1 is 1.11 bits per heavy atom. The van der Waals surface area contributed by atoms with Crippen LogP contribution in [0.4, 0.5) is 0 Å². The lowest BCUT2D eigenvalue weighted by Crippen LogP contribution is -2.22. The molecule has 2 aromatic rings. The van der Waals surface area contributed by atoms with Gasteiger partial charge in [-0.2, -0.15) is 10.2 Å². The summed E-state index contributed by atoms with van der Waals surface area (Å²) in [6.45, 7) is 3.96. The van der Waals surface area contributed by atoms with Gasteiger partial charge in [-0.25, -0.2) is 0 Å². The van der Waals surface area contributed by atoms with Crippen LogP contribution in [-0.4, -0.2) is 23.3 Å². The zero-order chi connectivity index (χ0) is 11.9. The molecule has 1 heterocycles. The van der Waals surface area contributed by atoms with Gasteiger partial charge in [-0.15, -0.1) is 12.4 Å². The molecule has 0 radical (unpaired) electrons. The molecule has 2 rings (SSSR count). The highest BCUT2D eigenvalue weighted by atomic mass is 35.5. The Morgan fingerprint density at radius 3 is 2.50 bits per heavy atom. The van der Waals surface area contributed by atoms with E-state index in [0.717, 1.165) is 18.8 Å². The number of nitrogens with zero attached hydrogens (tertiary/aromatic N) is 2. The summed E-state index contributed by atoms with van der Waals surface area (Å²) in [6.07, 6.45) is 1.71. The summed E-state index contributed by atoms with van der Waals surface area (Å²) < 4.78 is 0. The van der Waals surface area contributed by atoms with Gasteiger partial charge in [0.1, 0.15) is 0 Å². The van der Waals surface area contributed by atoms with Crippen molar-refractivity contribution >= 4 is 12.4 Å². The predicted octanol–water partition coefficient (Wildman–Crippen LogP) is 2.64. The topological polar surface area (TPSA) is 37.8 Å². The SMILES string of the molecule is CCNCC(c1ccccc1)c1cccnn1.Cl. The maximum Gasteiger partial charge on any atom is 0.0718 e. The van der Waals surface area contributed by atoms with E-state index < -0.39 is 0 Å². The van der Waals surface area contributed by atoms with E-state index in [0.29, 0.717) is 0 Å². The monoisotopic (exact) mass is 263 g/mol. The van der Waals surface area contributed by atoms with Crippen molar-refractivity contribution in [1.82, 2.24) is 15.5 Å². The van der Waals surface area contributed by atoms with Crippen LogP contribution in [0.3, 0.4) is 0 Å². The molecule has 0 fully saturated rings.